The first-order chi connectivity index (χ1) is 10.5. The zero-order chi connectivity index (χ0) is 16.0. The van der Waals surface area contributed by atoms with Crippen LogP contribution < -0.4 is 10.0 Å². The Morgan fingerprint density at radius 2 is 1.68 bits per heavy atom. The fraction of sp³-hybridized carbons (Fsp3) is 0.333. The molecule has 2 rings (SSSR count). The van der Waals surface area contributed by atoms with Crippen molar-refractivity contribution in [2.24, 2.45) is 0 Å². The molecular formula is C15H20N4O2S. The maximum atomic E-state index is 12.1. The van der Waals surface area contributed by atoms with Gasteiger partial charge in [0.2, 0.25) is 16.0 Å². The van der Waals surface area contributed by atoms with E-state index in [4.69, 9.17) is 0 Å². The van der Waals surface area contributed by atoms with Gasteiger partial charge in [0.15, 0.2) is 0 Å². The Kier molecular flexibility index (Phi) is 5.46. The summed E-state index contributed by atoms with van der Waals surface area (Å²) < 4.78 is 26.8. The van der Waals surface area contributed by atoms with Gasteiger partial charge in [-0.2, -0.15) is 0 Å². The van der Waals surface area contributed by atoms with E-state index < -0.39 is 10.0 Å². The SMILES string of the molecule is CC(C)NS(=O)(=O)Cc1ccccc1CNc1ncccn1. The van der Waals surface area contributed by atoms with Crippen LogP contribution in [0.2, 0.25) is 0 Å². The Bertz CT molecular complexity index is 702. The first-order valence-electron chi connectivity index (χ1n) is 7.04. The lowest BCUT2D eigenvalue weighted by atomic mass is 10.1. The highest BCUT2D eigenvalue weighted by Gasteiger charge is 2.15. The maximum absolute atomic E-state index is 12.1. The van der Waals surface area contributed by atoms with Gasteiger partial charge in [0, 0.05) is 25.0 Å². The molecule has 0 bridgehead atoms. The lowest BCUT2D eigenvalue weighted by Gasteiger charge is -2.13. The third-order valence-corrected chi connectivity index (χ3v) is 4.40. The minimum absolute atomic E-state index is 0.0430. The highest BCUT2D eigenvalue weighted by molar-refractivity contribution is 7.88. The molecule has 7 heteroatoms. The molecule has 2 N–H and O–H groups in total. The molecule has 0 fully saturated rings. The number of nitrogens with zero attached hydrogens (tertiary/aromatic N) is 2. The second-order valence-electron chi connectivity index (χ2n) is 5.23. The molecule has 1 aromatic heterocycles. The topological polar surface area (TPSA) is 84.0 Å². The molecule has 6 nitrogen and oxygen atoms in total. The van der Waals surface area contributed by atoms with E-state index in [-0.39, 0.29) is 11.8 Å². The van der Waals surface area contributed by atoms with Gasteiger partial charge in [-0.1, -0.05) is 24.3 Å². The van der Waals surface area contributed by atoms with Crippen molar-refractivity contribution < 1.29 is 8.42 Å². The Hall–Kier alpha value is -1.99. The van der Waals surface area contributed by atoms with Crippen molar-refractivity contribution in [2.75, 3.05) is 5.32 Å². The third kappa shape index (κ3) is 5.09. The van der Waals surface area contributed by atoms with Crippen LogP contribution in [0.3, 0.4) is 0 Å². The molecule has 0 unspecified atom stereocenters. The Morgan fingerprint density at radius 1 is 1.05 bits per heavy atom. The average Bonchev–Trinajstić information content (AvgIpc) is 2.45. The van der Waals surface area contributed by atoms with Crippen molar-refractivity contribution >= 4 is 16.0 Å². The molecule has 118 valence electrons. The number of benzene rings is 1. The predicted molar refractivity (Wildman–Crippen MR) is 86.7 cm³/mol. The summed E-state index contributed by atoms with van der Waals surface area (Å²) in [4.78, 5) is 8.17. The quantitative estimate of drug-likeness (QED) is 0.814. The summed E-state index contributed by atoms with van der Waals surface area (Å²) >= 11 is 0. The summed E-state index contributed by atoms with van der Waals surface area (Å²) in [7, 11) is -3.35. The molecular weight excluding hydrogens is 300 g/mol. The average molecular weight is 320 g/mol. The van der Waals surface area contributed by atoms with Crippen LogP contribution in [0, 0.1) is 0 Å². The van der Waals surface area contributed by atoms with Crippen molar-refractivity contribution in [2.45, 2.75) is 32.2 Å². The van der Waals surface area contributed by atoms with Crippen LogP contribution in [-0.4, -0.2) is 24.4 Å². The van der Waals surface area contributed by atoms with E-state index in [9.17, 15) is 8.42 Å². The van der Waals surface area contributed by atoms with Crippen molar-refractivity contribution in [3.8, 4) is 0 Å². The zero-order valence-electron chi connectivity index (χ0n) is 12.7. The number of hydrogen-bond acceptors (Lipinski definition) is 5. The van der Waals surface area contributed by atoms with Crippen molar-refractivity contribution in [3.05, 3.63) is 53.9 Å². The van der Waals surface area contributed by atoms with E-state index in [1.807, 2.05) is 24.3 Å². The number of anilines is 1. The molecule has 0 saturated carbocycles. The highest BCUT2D eigenvalue weighted by atomic mass is 32.2. The Labute approximate surface area is 131 Å². The monoisotopic (exact) mass is 320 g/mol. The molecule has 0 aliphatic rings. The normalized spacial score (nSPS) is 11.6. The predicted octanol–water partition coefficient (Wildman–Crippen LogP) is 1.92. The third-order valence-electron chi connectivity index (χ3n) is 2.88. The van der Waals surface area contributed by atoms with Crippen molar-refractivity contribution in [3.63, 3.8) is 0 Å². The molecule has 22 heavy (non-hydrogen) atoms. The molecule has 0 atom stereocenters. The maximum Gasteiger partial charge on any atom is 0.222 e. The van der Waals surface area contributed by atoms with Crippen molar-refractivity contribution in [1.29, 1.82) is 0 Å². The fourth-order valence-electron chi connectivity index (χ4n) is 2.04. The molecule has 0 amide bonds. The zero-order valence-corrected chi connectivity index (χ0v) is 13.5. The van der Waals surface area contributed by atoms with Crippen molar-refractivity contribution in [1.82, 2.24) is 14.7 Å². The molecule has 0 radical (unpaired) electrons. The van der Waals surface area contributed by atoms with Crippen LogP contribution in [0.1, 0.15) is 25.0 Å². The number of aromatic nitrogens is 2. The number of hydrogen-bond donors (Lipinski definition) is 2. The van der Waals surface area contributed by atoms with E-state index in [2.05, 4.69) is 20.0 Å². The van der Waals surface area contributed by atoms with Gasteiger partial charge in [-0.3, -0.25) is 0 Å². The summed E-state index contributed by atoms with van der Waals surface area (Å²) in [6, 6.07) is 9.06. The van der Waals surface area contributed by atoms with E-state index >= 15 is 0 Å². The van der Waals surface area contributed by atoms with Crippen LogP contribution in [0.4, 0.5) is 5.95 Å². The molecule has 0 aliphatic carbocycles. The second-order valence-corrected chi connectivity index (χ2v) is 6.98. The molecule has 1 heterocycles. The number of rotatable bonds is 7. The molecule has 0 aliphatic heterocycles. The van der Waals surface area contributed by atoms with Gasteiger partial charge in [-0.15, -0.1) is 0 Å². The standard InChI is InChI=1S/C15H20N4O2S/c1-12(2)19-22(20,21)11-14-7-4-3-6-13(14)10-18-15-16-8-5-9-17-15/h3-9,12,19H,10-11H2,1-2H3,(H,16,17,18). The number of sulfonamides is 1. The minimum atomic E-state index is -3.35. The lowest BCUT2D eigenvalue weighted by molar-refractivity contribution is 0.569. The van der Waals surface area contributed by atoms with Gasteiger partial charge in [-0.25, -0.2) is 23.1 Å². The molecule has 0 saturated heterocycles. The van der Waals surface area contributed by atoms with Crippen LogP contribution in [0.5, 0.6) is 0 Å². The summed E-state index contributed by atoms with van der Waals surface area (Å²) in [5.41, 5.74) is 1.67. The van der Waals surface area contributed by atoms with Gasteiger partial charge in [0.1, 0.15) is 0 Å². The minimum Gasteiger partial charge on any atom is -0.350 e. The Balaban J connectivity index is 2.10. The van der Waals surface area contributed by atoms with Crippen LogP contribution in [0.25, 0.3) is 0 Å². The van der Waals surface area contributed by atoms with Gasteiger partial charge in [-0.05, 0) is 31.0 Å². The van der Waals surface area contributed by atoms with Gasteiger partial charge in [0.25, 0.3) is 0 Å². The van der Waals surface area contributed by atoms with E-state index in [1.54, 1.807) is 32.3 Å². The van der Waals surface area contributed by atoms with E-state index in [1.165, 1.54) is 0 Å². The molecule has 1 aromatic carbocycles. The van der Waals surface area contributed by atoms with Gasteiger partial charge in [0.05, 0.1) is 5.75 Å². The summed E-state index contributed by atoms with van der Waals surface area (Å²) in [5, 5.41) is 3.09. The van der Waals surface area contributed by atoms with Crippen LogP contribution in [0.15, 0.2) is 42.7 Å². The van der Waals surface area contributed by atoms with E-state index in [0.717, 1.165) is 11.1 Å². The number of nitrogens with one attached hydrogen (secondary N) is 2. The van der Waals surface area contributed by atoms with Crippen LogP contribution in [-0.2, 0) is 22.3 Å². The fourth-order valence-corrected chi connectivity index (χ4v) is 3.53. The smallest absolute Gasteiger partial charge is 0.222 e. The van der Waals surface area contributed by atoms with Gasteiger partial charge >= 0.3 is 0 Å². The first-order valence-corrected chi connectivity index (χ1v) is 8.69. The summed E-state index contributed by atoms with van der Waals surface area (Å²) in [5.74, 6) is 0.471. The molecule has 2 aromatic rings. The summed E-state index contributed by atoms with van der Waals surface area (Å²) in [6.45, 7) is 4.08. The molecule has 0 spiro atoms. The van der Waals surface area contributed by atoms with Gasteiger partial charge < -0.3 is 5.32 Å². The summed E-state index contributed by atoms with van der Waals surface area (Å²) in [6.07, 6.45) is 3.30. The lowest BCUT2D eigenvalue weighted by Crippen LogP contribution is -2.31. The second kappa shape index (κ2) is 7.33. The largest absolute Gasteiger partial charge is 0.350 e. The Morgan fingerprint density at radius 3 is 2.32 bits per heavy atom. The first kappa shape index (κ1) is 16.4. The highest BCUT2D eigenvalue weighted by Crippen LogP contribution is 2.13. The van der Waals surface area contributed by atoms with E-state index in [0.29, 0.717) is 12.5 Å². The van der Waals surface area contributed by atoms with Crippen LogP contribution >= 0.6 is 0 Å².